The van der Waals surface area contributed by atoms with Gasteiger partial charge in [0.1, 0.15) is 22.4 Å². The van der Waals surface area contributed by atoms with Crippen LogP contribution in [0.15, 0.2) is 36.4 Å². The number of carbonyl (C=O) groups excluding carboxylic acids is 4. The van der Waals surface area contributed by atoms with Crippen LogP contribution in [0.3, 0.4) is 0 Å². The first-order chi connectivity index (χ1) is 19.4. The van der Waals surface area contributed by atoms with Crippen LogP contribution in [0.1, 0.15) is 128 Å². The Labute approximate surface area is 255 Å². The smallest absolute Gasteiger partial charge is 0.338 e. The summed E-state index contributed by atoms with van der Waals surface area (Å²) in [6.07, 6.45) is -0.474. The molecule has 3 rings (SSSR count). The molecule has 234 valence electrons. The lowest BCUT2D eigenvalue weighted by Crippen LogP contribution is -2.37. The first-order valence-corrected chi connectivity index (χ1v) is 14.6. The predicted molar refractivity (Wildman–Crippen MR) is 164 cm³/mol. The lowest BCUT2D eigenvalue weighted by atomic mass is 9.72. The number of carbonyl (C=O) groups is 4. The lowest BCUT2D eigenvalue weighted by molar-refractivity contribution is -0.158. The van der Waals surface area contributed by atoms with Crippen LogP contribution in [-0.4, -0.2) is 46.3 Å². The highest BCUT2D eigenvalue weighted by molar-refractivity contribution is 5.96. The highest BCUT2D eigenvalue weighted by atomic mass is 16.6. The maximum Gasteiger partial charge on any atom is 0.338 e. The van der Waals surface area contributed by atoms with Crippen molar-refractivity contribution in [2.24, 2.45) is 0 Å². The zero-order valence-electron chi connectivity index (χ0n) is 27.6. The Bertz CT molecular complexity index is 1310. The summed E-state index contributed by atoms with van der Waals surface area (Å²) in [5, 5.41) is 0. The van der Waals surface area contributed by atoms with Gasteiger partial charge in [0.2, 0.25) is 0 Å². The van der Waals surface area contributed by atoms with Crippen molar-refractivity contribution in [2.75, 3.05) is 0 Å². The summed E-state index contributed by atoms with van der Waals surface area (Å²) in [7, 11) is 0. The Morgan fingerprint density at radius 3 is 1.09 bits per heavy atom. The van der Waals surface area contributed by atoms with Gasteiger partial charge in [0.25, 0.3) is 0 Å². The Balaban J connectivity index is 2.31. The number of esters is 4. The molecule has 0 saturated heterocycles. The van der Waals surface area contributed by atoms with Gasteiger partial charge in [-0.3, -0.25) is 9.59 Å². The third kappa shape index (κ3) is 8.68. The van der Waals surface area contributed by atoms with Gasteiger partial charge in [-0.15, -0.1) is 0 Å². The summed E-state index contributed by atoms with van der Waals surface area (Å²) >= 11 is 0. The molecule has 0 amide bonds. The molecule has 0 heterocycles. The summed E-state index contributed by atoms with van der Waals surface area (Å²) in [6.45, 7) is 21.3. The molecule has 0 bridgehead atoms. The van der Waals surface area contributed by atoms with Crippen molar-refractivity contribution < 1.29 is 38.1 Å². The third-order valence-electron chi connectivity index (χ3n) is 6.36. The Kier molecular flexibility index (Phi) is 8.99. The molecule has 2 aromatic carbocycles. The zero-order chi connectivity index (χ0) is 32.8. The molecule has 0 atom stereocenters. The van der Waals surface area contributed by atoms with Crippen LogP contribution in [-0.2, 0) is 34.0 Å². The normalized spacial score (nSPS) is 14.3. The average molecular weight is 595 g/mol. The summed E-state index contributed by atoms with van der Waals surface area (Å²) in [6, 6.07) is 10.2. The van der Waals surface area contributed by atoms with E-state index in [-0.39, 0.29) is 24.0 Å². The van der Waals surface area contributed by atoms with Crippen molar-refractivity contribution in [3.8, 4) is 11.1 Å². The number of fused-ring (bicyclic) bond motifs is 3. The number of hydrogen-bond donors (Lipinski definition) is 0. The first kappa shape index (κ1) is 33.8. The molecule has 1 aliphatic carbocycles. The lowest BCUT2D eigenvalue weighted by Gasteiger charge is -2.33. The molecule has 0 unspecified atom stereocenters. The fourth-order valence-corrected chi connectivity index (χ4v) is 5.11. The van der Waals surface area contributed by atoms with Gasteiger partial charge in [0.05, 0.1) is 24.0 Å². The molecule has 0 fully saturated rings. The SMILES string of the molecule is CC(C)(C)OC(=O)CC1(CC(=O)OC(C)(C)C)c2cc(C(=O)OC(C)(C)C)ccc2-c2ccc(C(=O)OC(C)(C)C)cc21. The second-order valence-electron chi connectivity index (χ2n) is 15.1. The van der Waals surface area contributed by atoms with Gasteiger partial charge >= 0.3 is 23.9 Å². The van der Waals surface area contributed by atoms with Crippen molar-refractivity contribution in [2.45, 2.75) is 124 Å². The van der Waals surface area contributed by atoms with Crippen molar-refractivity contribution >= 4 is 23.9 Å². The Morgan fingerprint density at radius 2 is 0.814 bits per heavy atom. The molecule has 43 heavy (non-hydrogen) atoms. The van der Waals surface area contributed by atoms with Crippen LogP contribution in [0.2, 0.25) is 0 Å². The predicted octanol–water partition coefficient (Wildman–Crippen LogP) is 7.33. The molecular weight excluding hydrogens is 548 g/mol. The monoisotopic (exact) mass is 594 g/mol. The minimum absolute atomic E-state index is 0.237. The van der Waals surface area contributed by atoms with E-state index < -0.39 is 51.7 Å². The molecule has 2 aromatic rings. The van der Waals surface area contributed by atoms with Gasteiger partial charge in [0.15, 0.2) is 0 Å². The molecule has 8 heteroatoms. The summed E-state index contributed by atoms with van der Waals surface area (Å²) in [5.74, 6) is -2.16. The number of hydrogen-bond acceptors (Lipinski definition) is 8. The highest BCUT2D eigenvalue weighted by Crippen LogP contribution is 2.54. The van der Waals surface area contributed by atoms with Gasteiger partial charge < -0.3 is 18.9 Å². The second kappa shape index (κ2) is 11.4. The number of rotatable bonds is 6. The van der Waals surface area contributed by atoms with E-state index in [0.717, 1.165) is 11.1 Å². The molecule has 1 aliphatic rings. The summed E-state index contributed by atoms with van der Waals surface area (Å²) < 4.78 is 22.8. The summed E-state index contributed by atoms with van der Waals surface area (Å²) in [4.78, 5) is 53.5. The molecular formula is C35H46O8. The topological polar surface area (TPSA) is 105 Å². The number of benzene rings is 2. The zero-order valence-corrected chi connectivity index (χ0v) is 27.6. The molecule has 8 nitrogen and oxygen atoms in total. The van der Waals surface area contributed by atoms with E-state index in [1.54, 1.807) is 119 Å². The highest BCUT2D eigenvalue weighted by Gasteiger charge is 2.48. The molecule has 0 aromatic heterocycles. The van der Waals surface area contributed by atoms with Crippen molar-refractivity contribution in [3.05, 3.63) is 58.7 Å². The van der Waals surface area contributed by atoms with E-state index in [2.05, 4.69) is 0 Å². The standard InChI is InChI=1S/C35H46O8/c1-31(2,3)40-27(36)19-35(20-28(37)41-32(4,5)6)25-17-21(29(38)42-33(7,8)9)13-15-23(25)24-16-14-22(18-26(24)35)30(39)43-34(10,11)12/h13-18H,19-20H2,1-12H3. The Hall–Kier alpha value is -3.68. The molecule has 0 saturated carbocycles. The van der Waals surface area contributed by atoms with E-state index in [1.165, 1.54) is 0 Å². The minimum atomic E-state index is -1.31. The van der Waals surface area contributed by atoms with Gasteiger partial charge in [0, 0.05) is 5.41 Å². The van der Waals surface area contributed by atoms with Crippen molar-refractivity contribution in [1.29, 1.82) is 0 Å². The first-order valence-electron chi connectivity index (χ1n) is 14.6. The maximum atomic E-state index is 13.6. The van der Waals surface area contributed by atoms with Gasteiger partial charge in [-0.1, -0.05) is 12.1 Å². The van der Waals surface area contributed by atoms with Crippen LogP contribution >= 0.6 is 0 Å². The Morgan fingerprint density at radius 1 is 0.512 bits per heavy atom. The van der Waals surface area contributed by atoms with Gasteiger partial charge in [-0.2, -0.15) is 0 Å². The van der Waals surface area contributed by atoms with Crippen LogP contribution in [0.5, 0.6) is 0 Å². The number of ether oxygens (including phenoxy) is 4. The molecule has 0 spiro atoms. The van der Waals surface area contributed by atoms with E-state index >= 15 is 0 Å². The fraction of sp³-hybridized carbons (Fsp3) is 0.543. The molecule has 0 radical (unpaired) electrons. The fourth-order valence-electron chi connectivity index (χ4n) is 5.11. The van der Waals surface area contributed by atoms with Gasteiger partial charge in [-0.05, 0) is 130 Å². The third-order valence-corrected chi connectivity index (χ3v) is 6.36. The van der Waals surface area contributed by atoms with Crippen LogP contribution < -0.4 is 0 Å². The molecule has 0 N–H and O–H groups in total. The maximum absolute atomic E-state index is 13.6. The van der Waals surface area contributed by atoms with Crippen molar-refractivity contribution in [3.63, 3.8) is 0 Å². The van der Waals surface area contributed by atoms with Gasteiger partial charge in [-0.25, -0.2) is 9.59 Å². The van der Waals surface area contributed by atoms with E-state index in [9.17, 15) is 19.2 Å². The van der Waals surface area contributed by atoms with Crippen molar-refractivity contribution in [1.82, 2.24) is 0 Å². The van der Waals surface area contributed by atoms with E-state index in [1.807, 2.05) is 0 Å². The van der Waals surface area contributed by atoms with Crippen LogP contribution in [0.4, 0.5) is 0 Å². The van der Waals surface area contributed by atoms with E-state index in [4.69, 9.17) is 18.9 Å². The summed E-state index contributed by atoms with van der Waals surface area (Å²) in [5.41, 5.74) is -1.21. The largest absolute Gasteiger partial charge is 0.460 e. The van der Waals surface area contributed by atoms with Crippen LogP contribution in [0, 0.1) is 0 Å². The quantitative estimate of drug-likeness (QED) is 0.253. The second-order valence-corrected chi connectivity index (χ2v) is 15.1. The van der Waals surface area contributed by atoms with E-state index in [0.29, 0.717) is 11.1 Å². The average Bonchev–Trinajstić information content (AvgIpc) is 3.02. The van der Waals surface area contributed by atoms with Crippen LogP contribution in [0.25, 0.3) is 11.1 Å². The minimum Gasteiger partial charge on any atom is -0.460 e. The molecule has 0 aliphatic heterocycles.